The highest BCUT2D eigenvalue weighted by Crippen LogP contribution is 2.59. The molecular formula is C25H34F2O12S. The van der Waals surface area contributed by atoms with Gasteiger partial charge in [-0.25, -0.2) is 0 Å². The summed E-state index contributed by atoms with van der Waals surface area (Å²) in [7, 11) is -5.83. The first kappa shape index (κ1) is 30.6. The summed E-state index contributed by atoms with van der Waals surface area (Å²) in [6, 6.07) is 0. The van der Waals surface area contributed by atoms with Gasteiger partial charge in [-0.1, -0.05) is 26.7 Å². The summed E-state index contributed by atoms with van der Waals surface area (Å²) in [6.45, 7) is 4.29. The van der Waals surface area contributed by atoms with E-state index in [2.05, 4.69) is 4.74 Å². The van der Waals surface area contributed by atoms with Gasteiger partial charge in [-0.2, -0.15) is 17.2 Å². The third kappa shape index (κ3) is 5.96. The van der Waals surface area contributed by atoms with Gasteiger partial charge in [0.2, 0.25) is 6.29 Å². The predicted molar refractivity (Wildman–Crippen MR) is 128 cm³/mol. The summed E-state index contributed by atoms with van der Waals surface area (Å²) < 4.78 is 84.4. The van der Waals surface area contributed by atoms with Gasteiger partial charge < -0.3 is 23.7 Å². The van der Waals surface area contributed by atoms with Crippen molar-refractivity contribution < 1.29 is 64.6 Å². The van der Waals surface area contributed by atoms with E-state index >= 15 is 0 Å². The fourth-order valence-electron chi connectivity index (χ4n) is 6.15. The summed E-state index contributed by atoms with van der Waals surface area (Å²) in [5, 5.41) is -4.74. The second-order valence-corrected chi connectivity index (χ2v) is 12.7. The highest BCUT2D eigenvalue weighted by molar-refractivity contribution is 7.86. The third-order valence-electron chi connectivity index (χ3n) is 8.15. The van der Waals surface area contributed by atoms with E-state index in [1.165, 1.54) is 0 Å². The first-order chi connectivity index (χ1) is 18.6. The fourth-order valence-corrected chi connectivity index (χ4v) is 6.61. The number of ether oxygens (including phenoxy) is 5. The first-order valence-electron chi connectivity index (χ1n) is 13.4. The molecule has 8 atom stereocenters. The van der Waals surface area contributed by atoms with Gasteiger partial charge in [-0.05, 0) is 26.2 Å². The molecule has 12 nitrogen and oxygen atoms in total. The van der Waals surface area contributed by atoms with Crippen molar-refractivity contribution in [2.24, 2.45) is 29.6 Å². The number of esters is 4. The fraction of sp³-hybridized carbons (Fsp3) is 0.840. The molecule has 1 N–H and O–H groups in total. The van der Waals surface area contributed by atoms with Crippen molar-refractivity contribution in [3.8, 4) is 0 Å². The molecular weight excluding hydrogens is 562 g/mol. The predicted octanol–water partition coefficient (Wildman–Crippen LogP) is 2.38. The Kier molecular flexibility index (Phi) is 8.77. The molecule has 1 aliphatic heterocycles. The molecule has 4 aliphatic rings. The van der Waals surface area contributed by atoms with Crippen LogP contribution in [0.2, 0.25) is 0 Å². The maximum Gasteiger partial charge on any atom is 0.405 e. The lowest BCUT2D eigenvalue weighted by Crippen LogP contribution is -2.45. The zero-order valence-corrected chi connectivity index (χ0v) is 23.1. The van der Waals surface area contributed by atoms with E-state index in [0.717, 1.165) is 25.7 Å². The van der Waals surface area contributed by atoms with E-state index in [-0.39, 0.29) is 17.9 Å². The molecule has 0 aromatic carbocycles. The maximum atomic E-state index is 13.6. The Labute approximate surface area is 230 Å². The van der Waals surface area contributed by atoms with Gasteiger partial charge in [0, 0.05) is 17.8 Å². The minimum atomic E-state index is -5.83. The summed E-state index contributed by atoms with van der Waals surface area (Å²) in [5.41, 5.74) is 0. The summed E-state index contributed by atoms with van der Waals surface area (Å²) >= 11 is 0. The van der Waals surface area contributed by atoms with Crippen molar-refractivity contribution in [2.45, 2.75) is 102 Å². The van der Waals surface area contributed by atoms with Crippen LogP contribution in [0.1, 0.15) is 65.7 Å². The monoisotopic (exact) mass is 596 g/mol. The Hall–Kier alpha value is -2.39. The summed E-state index contributed by atoms with van der Waals surface area (Å²) in [4.78, 5) is 50.4. The number of hydrogen-bond donors (Lipinski definition) is 1. The standard InChI is InChI=1S/C25H34F2O12S/c1-11(2)24(36-13-6-4-5-7-13)39-23(31)19-14-10-15-18(19)22(30)38-21(15)20(14)37-17(29)9-8-16(28)35-12(3)25(26,27)40(32,33)34/h11-15,18-21,24H,4-10H2,1-3H3,(H,32,33,34). The zero-order valence-electron chi connectivity index (χ0n) is 22.3. The quantitative estimate of drug-likeness (QED) is 0.151. The first-order valence-corrected chi connectivity index (χ1v) is 14.9. The van der Waals surface area contributed by atoms with E-state index in [0.29, 0.717) is 13.3 Å². The van der Waals surface area contributed by atoms with Crippen molar-refractivity contribution in [1.82, 2.24) is 0 Å². The highest BCUT2D eigenvalue weighted by atomic mass is 32.2. The van der Waals surface area contributed by atoms with Crippen LogP contribution in [-0.4, -0.2) is 72.8 Å². The Morgan fingerprint density at radius 1 is 1.05 bits per heavy atom. The second-order valence-electron chi connectivity index (χ2n) is 11.2. The number of hydrogen-bond acceptors (Lipinski definition) is 11. The lowest BCUT2D eigenvalue weighted by molar-refractivity contribution is -0.209. The van der Waals surface area contributed by atoms with Crippen LogP contribution < -0.4 is 0 Å². The summed E-state index contributed by atoms with van der Waals surface area (Å²) in [5.74, 6) is -6.15. The van der Waals surface area contributed by atoms with Crippen LogP contribution in [0.4, 0.5) is 8.78 Å². The lowest BCUT2D eigenvalue weighted by Gasteiger charge is -2.32. The molecule has 3 aliphatic carbocycles. The molecule has 15 heteroatoms. The van der Waals surface area contributed by atoms with Gasteiger partial charge in [0.25, 0.3) is 0 Å². The molecule has 0 spiro atoms. The van der Waals surface area contributed by atoms with Crippen molar-refractivity contribution in [2.75, 3.05) is 0 Å². The smallest absolute Gasteiger partial charge is 0.405 e. The van der Waals surface area contributed by atoms with Gasteiger partial charge in [0.1, 0.15) is 12.2 Å². The van der Waals surface area contributed by atoms with E-state index in [4.69, 9.17) is 23.5 Å². The maximum absolute atomic E-state index is 13.6. The van der Waals surface area contributed by atoms with Crippen molar-refractivity contribution in [3.63, 3.8) is 0 Å². The van der Waals surface area contributed by atoms with Crippen LogP contribution in [0.5, 0.6) is 0 Å². The molecule has 3 saturated carbocycles. The molecule has 0 aromatic heterocycles. The zero-order chi connectivity index (χ0) is 29.6. The molecule has 4 fully saturated rings. The van der Waals surface area contributed by atoms with Crippen molar-refractivity contribution >= 4 is 34.0 Å². The molecule has 226 valence electrons. The number of fused-ring (bicyclic) bond motifs is 1. The normalized spacial score (nSPS) is 31.2. The Morgan fingerprint density at radius 2 is 1.68 bits per heavy atom. The van der Waals surface area contributed by atoms with Crippen LogP contribution in [-0.2, 0) is 53.0 Å². The number of carbonyl (C=O) groups is 4. The van der Waals surface area contributed by atoms with Crippen molar-refractivity contribution in [3.05, 3.63) is 0 Å². The molecule has 1 saturated heterocycles. The average molecular weight is 597 g/mol. The molecule has 4 rings (SSSR count). The Morgan fingerprint density at radius 3 is 2.27 bits per heavy atom. The minimum absolute atomic E-state index is 0.0105. The number of alkyl halides is 2. The number of halogens is 2. The lowest BCUT2D eigenvalue weighted by atomic mass is 9.78. The molecule has 1 heterocycles. The number of carbonyl (C=O) groups excluding carboxylic acids is 4. The van der Waals surface area contributed by atoms with Crippen LogP contribution in [0.15, 0.2) is 0 Å². The Bertz CT molecular complexity index is 1120. The van der Waals surface area contributed by atoms with Gasteiger partial charge in [0.15, 0.2) is 6.10 Å². The highest BCUT2D eigenvalue weighted by Gasteiger charge is 2.70. The number of rotatable bonds is 12. The van der Waals surface area contributed by atoms with E-state index < -0.39 is 94.4 Å². The Balaban J connectivity index is 1.35. The largest absolute Gasteiger partial charge is 0.458 e. The molecule has 40 heavy (non-hydrogen) atoms. The molecule has 2 bridgehead atoms. The van der Waals surface area contributed by atoms with Gasteiger partial charge in [-0.15, -0.1) is 0 Å². The van der Waals surface area contributed by atoms with Gasteiger partial charge in [-0.3, -0.25) is 23.7 Å². The third-order valence-corrected chi connectivity index (χ3v) is 9.17. The van der Waals surface area contributed by atoms with E-state index in [1.807, 2.05) is 13.8 Å². The topological polar surface area (TPSA) is 169 Å². The van der Waals surface area contributed by atoms with Crippen molar-refractivity contribution in [1.29, 1.82) is 0 Å². The SMILES string of the molecule is CC(C)C(OC(=O)C1C2CC3C(OC(=O)C31)C2OC(=O)CCC(=O)OC(C)C(F)(F)S(=O)(=O)O)OC1CCCC1. The van der Waals surface area contributed by atoms with Gasteiger partial charge >= 0.3 is 39.2 Å². The summed E-state index contributed by atoms with van der Waals surface area (Å²) in [6.07, 6.45) is -2.18. The molecule has 0 radical (unpaired) electrons. The van der Waals surface area contributed by atoms with Gasteiger partial charge in [0.05, 0.1) is 30.8 Å². The molecule has 8 unspecified atom stereocenters. The van der Waals surface area contributed by atoms with E-state index in [1.54, 1.807) is 0 Å². The van der Waals surface area contributed by atoms with Crippen LogP contribution in [0.3, 0.4) is 0 Å². The average Bonchev–Trinajstić information content (AvgIpc) is 3.61. The van der Waals surface area contributed by atoms with Crippen LogP contribution >= 0.6 is 0 Å². The molecule has 0 amide bonds. The van der Waals surface area contributed by atoms with Crippen LogP contribution in [0, 0.1) is 29.6 Å². The minimum Gasteiger partial charge on any atom is -0.458 e. The second kappa shape index (κ2) is 11.5. The molecule has 0 aromatic rings. The van der Waals surface area contributed by atoms with E-state index in [9.17, 15) is 36.4 Å². The van der Waals surface area contributed by atoms with Crippen LogP contribution in [0.25, 0.3) is 0 Å².